The summed E-state index contributed by atoms with van der Waals surface area (Å²) in [5.74, 6) is -0.0402. The van der Waals surface area contributed by atoms with E-state index in [-0.39, 0.29) is 30.7 Å². The fourth-order valence-electron chi connectivity index (χ4n) is 3.30. The molecule has 3 N–H and O–H groups in total. The van der Waals surface area contributed by atoms with Gasteiger partial charge in [0.1, 0.15) is 5.75 Å². The van der Waals surface area contributed by atoms with Crippen molar-refractivity contribution >= 4 is 12.0 Å². The molecule has 1 atom stereocenters. The highest BCUT2D eigenvalue weighted by Gasteiger charge is 2.34. The average molecular weight is 363 g/mol. The molecule has 0 saturated heterocycles. The second kappa shape index (κ2) is 9.43. The molecule has 1 aromatic carbocycles. The molecule has 1 saturated carbocycles. The van der Waals surface area contributed by atoms with E-state index in [1.165, 1.54) is 0 Å². The van der Waals surface area contributed by atoms with Gasteiger partial charge in [-0.1, -0.05) is 25.1 Å². The predicted molar refractivity (Wildman–Crippen MR) is 99.4 cm³/mol. The number of hydrogen-bond donors (Lipinski definition) is 3. The van der Waals surface area contributed by atoms with Crippen molar-refractivity contribution in [3.8, 4) is 5.75 Å². The van der Waals surface area contributed by atoms with Crippen LogP contribution in [0.4, 0.5) is 4.79 Å². The molecule has 1 aromatic rings. The highest BCUT2D eigenvalue weighted by Crippen LogP contribution is 2.27. The normalized spacial score (nSPS) is 20.2. The van der Waals surface area contributed by atoms with Crippen LogP contribution in [0, 0.1) is 0 Å². The first-order valence-electron chi connectivity index (χ1n) is 9.19. The van der Waals surface area contributed by atoms with Gasteiger partial charge in [0.15, 0.2) is 0 Å². The number of ether oxygens (including phenoxy) is 1. The topological polar surface area (TPSA) is 90.9 Å². The predicted octanol–water partition coefficient (Wildman–Crippen LogP) is 2.38. The van der Waals surface area contributed by atoms with Gasteiger partial charge in [0.2, 0.25) is 0 Å². The Bertz CT molecular complexity index is 617. The zero-order valence-corrected chi connectivity index (χ0v) is 15.7. The molecule has 7 nitrogen and oxygen atoms in total. The summed E-state index contributed by atoms with van der Waals surface area (Å²) in [6, 6.07) is 7.59. The van der Waals surface area contributed by atoms with E-state index in [1.54, 1.807) is 0 Å². The van der Waals surface area contributed by atoms with E-state index in [0.717, 1.165) is 24.2 Å². The fraction of sp³-hybridized carbons (Fsp3) is 0.579. The van der Waals surface area contributed by atoms with Crippen LogP contribution in [-0.2, 0) is 4.79 Å². The third-order valence-electron chi connectivity index (χ3n) is 4.74. The maximum Gasteiger partial charge on any atom is 0.317 e. The van der Waals surface area contributed by atoms with Crippen LogP contribution in [0.3, 0.4) is 0 Å². The van der Waals surface area contributed by atoms with Gasteiger partial charge >= 0.3 is 12.0 Å². The lowest BCUT2D eigenvalue weighted by Crippen LogP contribution is -2.56. The van der Waals surface area contributed by atoms with Crippen LogP contribution in [0.15, 0.2) is 24.3 Å². The molecule has 1 unspecified atom stereocenters. The molecule has 0 heterocycles. The number of carbonyl (C=O) groups is 2. The molecular formula is C19H29N3O4. The van der Waals surface area contributed by atoms with Crippen molar-refractivity contribution in [1.29, 1.82) is 0 Å². The van der Waals surface area contributed by atoms with Crippen LogP contribution in [0.25, 0.3) is 0 Å². The van der Waals surface area contributed by atoms with Crippen molar-refractivity contribution in [2.24, 2.45) is 0 Å². The first-order chi connectivity index (χ1) is 12.4. The number of amides is 2. The Morgan fingerprint density at radius 3 is 2.62 bits per heavy atom. The number of urea groups is 1. The Hall–Kier alpha value is -2.28. The summed E-state index contributed by atoms with van der Waals surface area (Å²) in [6.07, 6.45) is 1.55. The highest BCUT2D eigenvalue weighted by molar-refractivity contribution is 5.75. The van der Waals surface area contributed by atoms with Crippen molar-refractivity contribution < 1.29 is 19.4 Å². The third-order valence-corrected chi connectivity index (χ3v) is 4.74. The lowest BCUT2D eigenvalue weighted by molar-refractivity contribution is -0.139. The second-order valence-electron chi connectivity index (χ2n) is 6.59. The summed E-state index contributed by atoms with van der Waals surface area (Å²) in [5.41, 5.74) is 0.939. The number of benzene rings is 1. The molecule has 1 aliphatic rings. The lowest BCUT2D eigenvalue weighted by atomic mass is 9.85. The number of carbonyl (C=O) groups excluding carboxylic acids is 1. The first kappa shape index (κ1) is 20.0. The van der Waals surface area contributed by atoms with E-state index in [0.29, 0.717) is 13.2 Å². The molecule has 1 fully saturated rings. The molecule has 0 bridgehead atoms. The smallest absolute Gasteiger partial charge is 0.317 e. The Morgan fingerprint density at radius 2 is 2.00 bits per heavy atom. The number of para-hydroxylation sites is 1. The van der Waals surface area contributed by atoms with Gasteiger partial charge in [0, 0.05) is 17.6 Å². The Labute approximate surface area is 154 Å². The van der Waals surface area contributed by atoms with E-state index in [1.807, 2.05) is 49.9 Å². The molecule has 0 spiro atoms. The molecule has 0 aliphatic heterocycles. The summed E-state index contributed by atoms with van der Waals surface area (Å²) in [4.78, 5) is 25.1. The van der Waals surface area contributed by atoms with Gasteiger partial charge in [-0.25, -0.2) is 4.79 Å². The number of hydrogen-bond acceptors (Lipinski definition) is 4. The van der Waals surface area contributed by atoms with E-state index >= 15 is 0 Å². The number of nitrogens with one attached hydrogen (secondary N) is 2. The molecule has 2 rings (SSSR count). The van der Waals surface area contributed by atoms with Crippen LogP contribution < -0.4 is 15.4 Å². The van der Waals surface area contributed by atoms with Crippen molar-refractivity contribution in [1.82, 2.24) is 15.5 Å². The van der Waals surface area contributed by atoms with Crippen molar-refractivity contribution in [2.45, 2.75) is 51.7 Å². The lowest BCUT2D eigenvalue weighted by Gasteiger charge is -2.42. The van der Waals surface area contributed by atoms with Gasteiger partial charge in [-0.05, 0) is 39.3 Å². The second-order valence-corrected chi connectivity index (χ2v) is 6.59. The number of aliphatic carboxylic acids is 1. The molecule has 144 valence electrons. The van der Waals surface area contributed by atoms with E-state index in [2.05, 4.69) is 10.6 Å². The number of likely N-dealkylation sites (N-methyl/N-ethyl adjacent to an activating group) is 1. The van der Waals surface area contributed by atoms with Crippen LogP contribution in [0.1, 0.15) is 45.2 Å². The van der Waals surface area contributed by atoms with Gasteiger partial charge in [-0.2, -0.15) is 0 Å². The molecule has 0 aromatic heterocycles. The summed E-state index contributed by atoms with van der Waals surface area (Å²) in [7, 11) is 0. The molecule has 0 radical (unpaired) electrons. The summed E-state index contributed by atoms with van der Waals surface area (Å²) >= 11 is 0. The maximum absolute atomic E-state index is 12.3. The van der Waals surface area contributed by atoms with Gasteiger partial charge in [-0.3, -0.25) is 9.69 Å². The minimum absolute atomic E-state index is 0.0470. The maximum atomic E-state index is 12.3. The summed E-state index contributed by atoms with van der Waals surface area (Å²) in [5, 5.41) is 14.8. The molecular weight excluding hydrogens is 334 g/mol. The van der Waals surface area contributed by atoms with E-state index < -0.39 is 5.97 Å². The van der Waals surface area contributed by atoms with E-state index in [9.17, 15) is 9.59 Å². The summed E-state index contributed by atoms with van der Waals surface area (Å²) < 4.78 is 5.61. The van der Waals surface area contributed by atoms with Gasteiger partial charge in [-0.15, -0.1) is 0 Å². The SMILES string of the molecule is CCOc1ccccc1C(C)NC(=O)NC1CC(N(CC)CC(=O)O)C1. The summed E-state index contributed by atoms with van der Waals surface area (Å²) in [6.45, 7) is 7.12. The Morgan fingerprint density at radius 1 is 1.31 bits per heavy atom. The van der Waals surface area contributed by atoms with Crippen LogP contribution >= 0.6 is 0 Å². The number of carboxylic acids is 1. The number of rotatable bonds is 9. The largest absolute Gasteiger partial charge is 0.494 e. The third kappa shape index (κ3) is 5.36. The quantitative estimate of drug-likeness (QED) is 0.627. The van der Waals surface area contributed by atoms with Crippen molar-refractivity contribution in [3.05, 3.63) is 29.8 Å². The highest BCUT2D eigenvalue weighted by atomic mass is 16.5. The zero-order chi connectivity index (χ0) is 19.1. The monoisotopic (exact) mass is 363 g/mol. The minimum Gasteiger partial charge on any atom is -0.494 e. The van der Waals surface area contributed by atoms with Gasteiger partial charge in [0.05, 0.1) is 19.2 Å². The minimum atomic E-state index is -0.817. The average Bonchev–Trinajstić information content (AvgIpc) is 2.56. The standard InChI is InChI=1S/C19H29N3O4/c1-4-22(12-18(23)24)15-10-14(11-15)21-19(25)20-13(3)16-8-6-7-9-17(16)26-5-2/h6-9,13-15H,4-5,10-12H2,1-3H3,(H,23,24)(H2,20,21,25). The molecule has 1 aliphatic carbocycles. The Kier molecular flexibility index (Phi) is 7.26. The first-order valence-corrected chi connectivity index (χ1v) is 9.19. The molecule has 26 heavy (non-hydrogen) atoms. The van der Waals surface area contributed by atoms with Crippen LogP contribution in [0.2, 0.25) is 0 Å². The number of nitrogens with zero attached hydrogens (tertiary/aromatic N) is 1. The van der Waals surface area contributed by atoms with Crippen LogP contribution in [-0.4, -0.2) is 53.8 Å². The fourth-order valence-corrected chi connectivity index (χ4v) is 3.30. The molecule has 7 heteroatoms. The van der Waals surface area contributed by atoms with Crippen LogP contribution in [0.5, 0.6) is 5.75 Å². The van der Waals surface area contributed by atoms with Crippen molar-refractivity contribution in [2.75, 3.05) is 19.7 Å². The van der Waals surface area contributed by atoms with Gasteiger partial charge in [0.25, 0.3) is 0 Å². The number of carboxylic acid groups (broad SMARTS) is 1. The van der Waals surface area contributed by atoms with E-state index in [4.69, 9.17) is 9.84 Å². The van der Waals surface area contributed by atoms with Gasteiger partial charge < -0.3 is 20.5 Å². The Balaban J connectivity index is 1.80. The van der Waals surface area contributed by atoms with Crippen molar-refractivity contribution in [3.63, 3.8) is 0 Å². The molecule has 2 amide bonds. The zero-order valence-electron chi connectivity index (χ0n) is 15.7.